The number of benzene rings is 2. The lowest BCUT2D eigenvalue weighted by molar-refractivity contribution is -0.140. The molecule has 1 saturated heterocycles. The van der Waals surface area contributed by atoms with Crippen LogP contribution in [0.2, 0.25) is 5.02 Å². The zero-order valence-corrected chi connectivity index (χ0v) is 18.4. The number of carbonyl (C=O) groups excluding carboxylic acids is 2. The highest BCUT2D eigenvalue weighted by molar-refractivity contribution is 6.30. The number of esters is 1. The Morgan fingerprint density at radius 3 is 2.57 bits per heavy atom. The fourth-order valence-corrected chi connectivity index (χ4v) is 4.18. The maximum atomic E-state index is 12.8. The number of aryl methyl sites for hydroxylation is 1. The molecule has 0 radical (unpaired) electrons. The molecule has 0 aliphatic carbocycles. The van der Waals surface area contributed by atoms with E-state index in [-0.39, 0.29) is 17.9 Å². The molecule has 0 bridgehead atoms. The molecule has 1 aliphatic rings. The lowest BCUT2D eigenvalue weighted by atomic mass is 10.0. The molecule has 30 heavy (non-hydrogen) atoms. The summed E-state index contributed by atoms with van der Waals surface area (Å²) >= 11 is 6.23. The second kappa shape index (κ2) is 10.6. The molecule has 5 nitrogen and oxygen atoms in total. The van der Waals surface area contributed by atoms with Crippen LogP contribution < -0.4 is 0 Å². The number of rotatable bonds is 7. The van der Waals surface area contributed by atoms with Crippen molar-refractivity contribution in [2.75, 3.05) is 26.7 Å². The molecule has 0 aromatic heterocycles. The zero-order valence-electron chi connectivity index (χ0n) is 17.6. The van der Waals surface area contributed by atoms with Gasteiger partial charge in [0.1, 0.15) is 0 Å². The van der Waals surface area contributed by atoms with Crippen molar-refractivity contribution in [2.24, 2.45) is 0 Å². The number of amides is 1. The highest BCUT2D eigenvalue weighted by Gasteiger charge is 2.27. The molecule has 2 aromatic carbocycles. The number of piperazine rings is 1. The van der Waals surface area contributed by atoms with E-state index in [1.165, 1.54) is 7.11 Å². The van der Waals surface area contributed by atoms with Crippen molar-refractivity contribution >= 4 is 23.5 Å². The fraction of sp³-hybridized carbons (Fsp3) is 0.417. The first-order valence-corrected chi connectivity index (χ1v) is 10.7. The lowest BCUT2D eigenvalue weighted by Crippen LogP contribution is -2.54. The van der Waals surface area contributed by atoms with Crippen LogP contribution in [-0.4, -0.2) is 54.5 Å². The molecule has 1 fully saturated rings. The number of ether oxygens (including phenoxy) is 1. The van der Waals surface area contributed by atoms with Crippen LogP contribution in [0.25, 0.3) is 0 Å². The first kappa shape index (κ1) is 22.3. The Morgan fingerprint density at radius 2 is 1.87 bits per heavy atom. The van der Waals surface area contributed by atoms with Gasteiger partial charge in [0.05, 0.1) is 13.5 Å². The van der Waals surface area contributed by atoms with Gasteiger partial charge in [0.2, 0.25) is 5.91 Å². The summed E-state index contributed by atoms with van der Waals surface area (Å²) in [6.07, 6.45) is 1.42. The summed E-state index contributed by atoms with van der Waals surface area (Å²) in [5, 5.41) is 0.691. The van der Waals surface area contributed by atoms with Crippen LogP contribution in [0.3, 0.4) is 0 Å². The predicted molar refractivity (Wildman–Crippen MR) is 118 cm³/mol. The van der Waals surface area contributed by atoms with E-state index in [9.17, 15) is 9.59 Å². The third-order valence-electron chi connectivity index (χ3n) is 5.62. The van der Waals surface area contributed by atoms with Gasteiger partial charge in [-0.3, -0.25) is 14.5 Å². The summed E-state index contributed by atoms with van der Waals surface area (Å²) in [6, 6.07) is 15.9. The van der Waals surface area contributed by atoms with E-state index in [0.717, 1.165) is 36.3 Å². The first-order valence-electron chi connectivity index (χ1n) is 10.4. The van der Waals surface area contributed by atoms with Crippen LogP contribution >= 0.6 is 11.6 Å². The van der Waals surface area contributed by atoms with E-state index in [1.54, 1.807) is 0 Å². The first-order chi connectivity index (χ1) is 14.5. The molecule has 0 spiro atoms. The number of nitrogens with zero attached hydrogens (tertiary/aromatic N) is 2. The van der Waals surface area contributed by atoms with E-state index >= 15 is 0 Å². The molecule has 0 N–H and O–H groups in total. The van der Waals surface area contributed by atoms with Crippen LogP contribution in [0, 0.1) is 0 Å². The Bertz CT molecular complexity index is 872. The van der Waals surface area contributed by atoms with Crippen molar-refractivity contribution in [2.45, 2.75) is 38.8 Å². The lowest BCUT2D eigenvalue weighted by Gasteiger charge is -2.40. The van der Waals surface area contributed by atoms with Gasteiger partial charge in [-0.25, -0.2) is 0 Å². The molecule has 2 aromatic rings. The maximum absolute atomic E-state index is 12.8. The molecule has 6 heteroatoms. The van der Waals surface area contributed by atoms with Crippen molar-refractivity contribution < 1.29 is 14.3 Å². The van der Waals surface area contributed by atoms with E-state index in [0.29, 0.717) is 30.8 Å². The normalized spacial score (nSPS) is 17.0. The molecular formula is C24H29ClN2O3. The summed E-state index contributed by atoms with van der Waals surface area (Å²) < 4.78 is 4.76. The summed E-state index contributed by atoms with van der Waals surface area (Å²) in [5.74, 6) is -0.0371. The summed E-state index contributed by atoms with van der Waals surface area (Å²) in [4.78, 5) is 28.6. The molecular weight excluding hydrogens is 400 g/mol. The molecule has 1 heterocycles. The van der Waals surface area contributed by atoms with Gasteiger partial charge in [0.25, 0.3) is 0 Å². The zero-order chi connectivity index (χ0) is 21.5. The topological polar surface area (TPSA) is 49.9 Å². The van der Waals surface area contributed by atoms with Gasteiger partial charge in [-0.1, -0.05) is 48.0 Å². The summed E-state index contributed by atoms with van der Waals surface area (Å²) in [7, 11) is 1.41. The third-order valence-corrected chi connectivity index (χ3v) is 5.85. The Balaban J connectivity index is 1.60. The highest BCUT2D eigenvalue weighted by Crippen LogP contribution is 2.22. The van der Waals surface area contributed by atoms with Crippen LogP contribution in [-0.2, 0) is 33.7 Å². The van der Waals surface area contributed by atoms with Gasteiger partial charge in [0.15, 0.2) is 0 Å². The van der Waals surface area contributed by atoms with Crippen molar-refractivity contribution in [1.82, 2.24) is 9.80 Å². The number of hydrogen-bond donors (Lipinski definition) is 0. The Morgan fingerprint density at radius 1 is 1.10 bits per heavy atom. The second-order valence-electron chi connectivity index (χ2n) is 7.82. The van der Waals surface area contributed by atoms with Gasteiger partial charge in [0, 0.05) is 43.7 Å². The number of methoxy groups -OCH3 is 1. The van der Waals surface area contributed by atoms with Crippen LogP contribution in [0.15, 0.2) is 48.5 Å². The highest BCUT2D eigenvalue weighted by atomic mass is 35.5. The molecule has 1 amide bonds. The van der Waals surface area contributed by atoms with Gasteiger partial charge >= 0.3 is 5.97 Å². The van der Waals surface area contributed by atoms with Gasteiger partial charge in [-0.15, -0.1) is 0 Å². The van der Waals surface area contributed by atoms with E-state index in [4.69, 9.17) is 16.3 Å². The summed E-state index contributed by atoms with van der Waals surface area (Å²) in [5.41, 5.74) is 3.29. The minimum atomic E-state index is -0.213. The third kappa shape index (κ3) is 6.07. The van der Waals surface area contributed by atoms with Crippen molar-refractivity contribution in [3.05, 3.63) is 70.2 Å². The minimum Gasteiger partial charge on any atom is -0.469 e. The monoisotopic (exact) mass is 428 g/mol. The van der Waals surface area contributed by atoms with Crippen molar-refractivity contribution in [3.8, 4) is 0 Å². The predicted octanol–water partition coefficient (Wildman–Crippen LogP) is 3.72. The van der Waals surface area contributed by atoms with E-state index in [1.807, 2.05) is 53.4 Å². The second-order valence-corrected chi connectivity index (χ2v) is 8.26. The average molecular weight is 429 g/mol. The molecule has 160 valence electrons. The van der Waals surface area contributed by atoms with Gasteiger partial charge in [-0.2, -0.15) is 0 Å². The fourth-order valence-electron chi connectivity index (χ4n) is 3.98. The molecule has 0 unspecified atom stereocenters. The largest absolute Gasteiger partial charge is 0.469 e. The molecule has 0 saturated carbocycles. The maximum Gasteiger partial charge on any atom is 0.305 e. The molecule has 1 atom stereocenters. The Labute approximate surface area is 183 Å². The summed E-state index contributed by atoms with van der Waals surface area (Å²) in [6.45, 7) is 5.19. The minimum absolute atomic E-state index is 0.146. The van der Waals surface area contributed by atoms with Crippen molar-refractivity contribution in [3.63, 3.8) is 0 Å². The smallest absolute Gasteiger partial charge is 0.305 e. The van der Waals surface area contributed by atoms with E-state index in [2.05, 4.69) is 11.8 Å². The van der Waals surface area contributed by atoms with Crippen LogP contribution in [0.5, 0.6) is 0 Å². The van der Waals surface area contributed by atoms with E-state index < -0.39 is 0 Å². The van der Waals surface area contributed by atoms with Crippen molar-refractivity contribution in [1.29, 1.82) is 0 Å². The number of hydrogen-bond acceptors (Lipinski definition) is 4. The molecule has 3 rings (SSSR count). The Kier molecular flexibility index (Phi) is 7.88. The van der Waals surface area contributed by atoms with Gasteiger partial charge < -0.3 is 9.64 Å². The van der Waals surface area contributed by atoms with Gasteiger partial charge in [-0.05, 0) is 42.2 Å². The van der Waals surface area contributed by atoms with Crippen LogP contribution in [0.1, 0.15) is 30.0 Å². The quantitative estimate of drug-likeness (QED) is 0.630. The average Bonchev–Trinajstić information content (AvgIpc) is 2.73. The molecule has 1 aliphatic heterocycles. The standard InChI is InChI=1S/C24H29ClN2O3/c1-18-16-26(12-13-27(18)23(28)14-19-6-4-3-5-7-19)17-21-15-22(25)10-8-20(21)9-11-24(29)30-2/h3-8,10,15,18H,9,11-14,16-17H2,1-2H3/t18-/m0/s1. The van der Waals surface area contributed by atoms with Crippen LogP contribution in [0.4, 0.5) is 0 Å². The Hall–Kier alpha value is -2.37. The SMILES string of the molecule is COC(=O)CCc1ccc(Cl)cc1CN1CCN(C(=O)Cc2ccccc2)[C@@H](C)C1. The number of carbonyl (C=O) groups is 2. The number of halogens is 1.